The van der Waals surface area contributed by atoms with E-state index < -0.39 is 0 Å². The van der Waals surface area contributed by atoms with Crippen LogP contribution >= 0.6 is 11.3 Å². The molecule has 4 nitrogen and oxygen atoms in total. The largest absolute Gasteiger partial charge is 0.351 e. The van der Waals surface area contributed by atoms with E-state index in [1.807, 2.05) is 37.3 Å². The van der Waals surface area contributed by atoms with Crippen molar-refractivity contribution >= 4 is 17.2 Å². The lowest BCUT2D eigenvalue weighted by Crippen LogP contribution is -2.32. The fourth-order valence-electron chi connectivity index (χ4n) is 1.86. The molecular formula is C14H17N3OS. The quantitative estimate of drug-likeness (QED) is 0.874. The number of nitrogens with two attached hydrogens (primary N) is 1. The number of hydrogen-bond donors (Lipinski definition) is 2. The van der Waals surface area contributed by atoms with Crippen LogP contribution in [-0.2, 0) is 11.3 Å². The van der Waals surface area contributed by atoms with Crippen molar-refractivity contribution in [2.24, 2.45) is 5.73 Å². The van der Waals surface area contributed by atoms with Gasteiger partial charge < -0.3 is 11.1 Å². The number of amides is 1. The molecular weight excluding hydrogens is 258 g/mol. The van der Waals surface area contributed by atoms with Crippen LogP contribution in [0.4, 0.5) is 0 Å². The summed E-state index contributed by atoms with van der Waals surface area (Å²) < 4.78 is 0. The molecule has 100 valence electrons. The Balaban J connectivity index is 1.98. The normalized spacial score (nSPS) is 12.1. The molecule has 19 heavy (non-hydrogen) atoms. The fourth-order valence-corrected chi connectivity index (χ4v) is 2.60. The predicted octanol–water partition coefficient (Wildman–Crippen LogP) is 1.81. The maximum atomic E-state index is 12.1. The van der Waals surface area contributed by atoms with E-state index >= 15 is 0 Å². The van der Waals surface area contributed by atoms with Crippen molar-refractivity contribution < 1.29 is 4.79 Å². The molecule has 0 radical (unpaired) electrons. The van der Waals surface area contributed by atoms with Crippen molar-refractivity contribution in [3.8, 4) is 0 Å². The first-order valence-electron chi connectivity index (χ1n) is 6.14. The van der Waals surface area contributed by atoms with Crippen LogP contribution in [0.15, 0.2) is 36.5 Å². The van der Waals surface area contributed by atoms with Crippen LogP contribution in [0.25, 0.3) is 0 Å². The second-order valence-electron chi connectivity index (χ2n) is 4.26. The van der Waals surface area contributed by atoms with Gasteiger partial charge in [-0.3, -0.25) is 4.79 Å². The Labute approximate surface area is 116 Å². The Morgan fingerprint density at radius 3 is 2.74 bits per heavy atom. The second kappa shape index (κ2) is 6.45. The van der Waals surface area contributed by atoms with E-state index in [1.54, 1.807) is 17.5 Å². The zero-order valence-electron chi connectivity index (χ0n) is 10.8. The van der Waals surface area contributed by atoms with Gasteiger partial charge in [0, 0.05) is 17.6 Å². The third kappa shape index (κ3) is 3.62. The van der Waals surface area contributed by atoms with Crippen molar-refractivity contribution in [2.45, 2.75) is 19.4 Å². The summed E-state index contributed by atoms with van der Waals surface area (Å²) in [6.45, 7) is 2.76. The number of aromatic nitrogens is 1. The van der Waals surface area contributed by atoms with Gasteiger partial charge in [-0.15, -0.1) is 11.3 Å². The molecule has 0 saturated carbocycles. The molecule has 1 unspecified atom stereocenters. The SMILES string of the molecule is Cc1ncc(CNC(=O)C(CN)c2ccccc2)s1. The average molecular weight is 275 g/mol. The second-order valence-corrected chi connectivity index (χ2v) is 5.58. The minimum atomic E-state index is -0.296. The Hall–Kier alpha value is -1.72. The minimum absolute atomic E-state index is 0.0419. The summed E-state index contributed by atoms with van der Waals surface area (Å²) >= 11 is 1.59. The van der Waals surface area contributed by atoms with E-state index in [9.17, 15) is 4.79 Å². The van der Waals surface area contributed by atoms with Gasteiger partial charge in [-0.25, -0.2) is 4.98 Å². The lowest BCUT2D eigenvalue weighted by molar-refractivity contribution is -0.122. The first-order valence-corrected chi connectivity index (χ1v) is 6.96. The maximum absolute atomic E-state index is 12.1. The van der Waals surface area contributed by atoms with Gasteiger partial charge in [-0.05, 0) is 12.5 Å². The first kappa shape index (κ1) is 13.7. The van der Waals surface area contributed by atoms with Crippen molar-refractivity contribution in [1.29, 1.82) is 0 Å². The van der Waals surface area contributed by atoms with E-state index in [1.165, 1.54) is 0 Å². The van der Waals surface area contributed by atoms with Crippen LogP contribution in [0, 0.1) is 6.92 Å². The number of benzene rings is 1. The molecule has 0 aliphatic rings. The van der Waals surface area contributed by atoms with Gasteiger partial charge in [-0.2, -0.15) is 0 Å². The van der Waals surface area contributed by atoms with E-state index in [-0.39, 0.29) is 11.8 Å². The smallest absolute Gasteiger partial charge is 0.229 e. The lowest BCUT2D eigenvalue weighted by Gasteiger charge is -2.14. The molecule has 1 atom stereocenters. The highest BCUT2D eigenvalue weighted by Gasteiger charge is 2.18. The molecule has 1 aromatic carbocycles. The summed E-state index contributed by atoms with van der Waals surface area (Å²) in [4.78, 5) is 17.4. The predicted molar refractivity (Wildman–Crippen MR) is 76.9 cm³/mol. The number of nitrogens with zero attached hydrogens (tertiary/aromatic N) is 1. The molecule has 1 aromatic heterocycles. The first-order chi connectivity index (χ1) is 9.20. The summed E-state index contributed by atoms with van der Waals surface area (Å²) in [5, 5.41) is 3.92. The highest BCUT2D eigenvalue weighted by atomic mass is 32.1. The topological polar surface area (TPSA) is 68.0 Å². The van der Waals surface area contributed by atoms with Crippen LogP contribution in [0.3, 0.4) is 0 Å². The zero-order valence-corrected chi connectivity index (χ0v) is 11.6. The number of aryl methyl sites for hydroxylation is 1. The van der Waals surface area contributed by atoms with E-state index in [0.29, 0.717) is 13.1 Å². The number of thiazole rings is 1. The van der Waals surface area contributed by atoms with Gasteiger partial charge in [0.2, 0.25) is 5.91 Å². The Kier molecular flexibility index (Phi) is 4.65. The van der Waals surface area contributed by atoms with Gasteiger partial charge in [0.15, 0.2) is 0 Å². The molecule has 0 fully saturated rings. The van der Waals surface area contributed by atoms with E-state index in [4.69, 9.17) is 5.73 Å². The molecule has 2 rings (SSSR count). The number of nitrogens with one attached hydrogen (secondary N) is 1. The van der Waals surface area contributed by atoms with Crippen LogP contribution in [0.1, 0.15) is 21.4 Å². The molecule has 0 saturated heterocycles. The van der Waals surface area contributed by atoms with Crippen LogP contribution < -0.4 is 11.1 Å². The van der Waals surface area contributed by atoms with Crippen LogP contribution in [0.2, 0.25) is 0 Å². The molecule has 1 amide bonds. The monoisotopic (exact) mass is 275 g/mol. The number of rotatable bonds is 5. The van der Waals surface area contributed by atoms with Gasteiger partial charge in [0.05, 0.1) is 17.5 Å². The standard InChI is InChI=1S/C14H17N3OS/c1-10-16-8-12(19-10)9-17-14(18)13(7-15)11-5-3-2-4-6-11/h2-6,8,13H,7,9,15H2,1H3,(H,17,18). The maximum Gasteiger partial charge on any atom is 0.229 e. The third-order valence-corrected chi connectivity index (χ3v) is 3.77. The molecule has 3 N–H and O–H groups in total. The highest BCUT2D eigenvalue weighted by Crippen LogP contribution is 2.15. The number of carbonyl (C=O) groups is 1. The van der Waals surface area contributed by atoms with Crippen molar-refractivity contribution in [1.82, 2.24) is 10.3 Å². The summed E-state index contributed by atoms with van der Waals surface area (Å²) in [6.07, 6.45) is 1.79. The molecule has 0 aliphatic heterocycles. The third-order valence-electron chi connectivity index (χ3n) is 2.86. The number of hydrogen-bond acceptors (Lipinski definition) is 4. The fraction of sp³-hybridized carbons (Fsp3) is 0.286. The van der Waals surface area contributed by atoms with Gasteiger partial charge >= 0.3 is 0 Å². The highest BCUT2D eigenvalue weighted by molar-refractivity contribution is 7.11. The Morgan fingerprint density at radius 2 is 2.16 bits per heavy atom. The Morgan fingerprint density at radius 1 is 1.42 bits per heavy atom. The molecule has 0 spiro atoms. The van der Waals surface area contributed by atoms with Crippen LogP contribution in [-0.4, -0.2) is 17.4 Å². The summed E-state index contributed by atoms with van der Waals surface area (Å²) in [5.74, 6) is -0.338. The van der Waals surface area contributed by atoms with Crippen molar-refractivity contribution in [3.05, 3.63) is 52.0 Å². The minimum Gasteiger partial charge on any atom is -0.351 e. The average Bonchev–Trinajstić information content (AvgIpc) is 2.84. The summed E-state index contributed by atoms with van der Waals surface area (Å²) in [7, 11) is 0. The lowest BCUT2D eigenvalue weighted by atomic mass is 9.98. The van der Waals surface area contributed by atoms with Gasteiger partial charge in [0.1, 0.15) is 0 Å². The molecule has 0 aliphatic carbocycles. The summed E-state index contributed by atoms with van der Waals surface area (Å²) in [5.41, 5.74) is 6.66. The molecule has 2 aromatic rings. The van der Waals surface area contributed by atoms with Gasteiger partial charge in [-0.1, -0.05) is 30.3 Å². The molecule has 1 heterocycles. The van der Waals surface area contributed by atoms with Crippen molar-refractivity contribution in [2.75, 3.05) is 6.54 Å². The van der Waals surface area contributed by atoms with Crippen molar-refractivity contribution in [3.63, 3.8) is 0 Å². The molecule has 5 heteroatoms. The summed E-state index contributed by atoms with van der Waals surface area (Å²) in [6, 6.07) is 9.60. The van der Waals surface area contributed by atoms with Gasteiger partial charge in [0.25, 0.3) is 0 Å². The Bertz CT molecular complexity index is 539. The van der Waals surface area contributed by atoms with E-state index in [0.717, 1.165) is 15.4 Å². The van der Waals surface area contributed by atoms with E-state index in [2.05, 4.69) is 10.3 Å². The molecule has 0 bridgehead atoms. The van der Waals surface area contributed by atoms with Crippen LogP contribution in [0.5, 0.6) is 0 Å². The number of carbonyl (C=O) groups excluding carboxylic acids is 1. The zero-order chi connectivity index (χ0) is 13.7.